The van der Waals surface area contributed by atoms with Crippen LogP contribution in [-0.2, 0) is 11.0 Å². The number of nitrogens with one attached hydrogen (secondary N) is 1. The number of pyridine rings is 1. The van der Waals surface area contributed by atoms with Gasteiger partial charge in [-0.1, -0.05) is 43.6 Å². The zero-order chi connectivity index (χ0) is 25.0. The molecule has 1 fully saturated rings. The third-order valence-corrected chi connectivity index (χ3v) is 6.02. The van der Waals surface area contributed by atoms with Gasteiger partial charge in [0.1, 0.15) is 11.9 Å². The van der Waals surface area contributed by atoms with Gasteiger partial charge in [0.05, 0.1) is 10.6 Å². The maximum absolute atomic E-state index is 13.3. The van der Waals surface area contributed by atoms with E-state index in [4.69, 9.17) is 11.6 Å². The van der Waals surface area contributed by atoms with Gasteiger partial charge in [0, 0.05) is 37.9 Å². The Bertz CT molecular complexity index is 1040. The van der Waals surface area contributed by atoms with E-state index in [1.165, 1.54) is 0 Å². The second kappa shape index (κ2) is 10.6. The van der Waals surface area contributed by atoms with Crippen LogP contribution in [0.25, 0.3) is 0 Å². The highest BCUT2D eigenvalue weighted by Crippen LogP contribution is 2.33. The summed E-state index contributed by atoms with van der Waals surface area (Å²) in [5.74, 6) is -0.0332. The van der Waals surface area contributed by atoms with E-state index in [1.807, 2.05) is 32.9 Å². The van der Waals surface area contributed by atoms with Crippen LogP contribution in [0.15, 0.2) is 36.5 Å². The smallest absolute Gasteiger partial charge is 0.352 e. The minimum absolute atomic E-state index is 0.0854. The van der Waals surface area contributed by atoms with Crippen molar-refractivity contribution >= 4 is 29.2 Å². The molecule has 1 aromatic heterocycles. The van der Waals surface area contributed by atoms with E-state index in [9.17, 15) is 22.8 Å². The summed E-state index contributed by atoms with van der Waals surface area (Å²) >= 11 is 6.07. The monoisotopic (exact) mass is 496 g/mol. The van der Waals surface area contributed by atoms with Crippen LogP contribution in [0.5, 0.6) is 0 Å². The molecule has 2 heterocycles. The van der Waals surface area contributed by atoms with E-state index in [-0.39, 0.29) is 28.6 Å². The Morgan fingerprint density at radius 2 is 1.79 bits per heavy atom. The van der Waals surface area contributed by atoms with E-state index in [0.717, 1.165) is 17.8 Å². The molecule has 1 aliphatic rings. The highest BCUT2D eigenvalue weighted by molar-refractivity contribution is 6.33. The number of benzene rings is 1. The minimum Gasteiger partial charge on any atom is -0.352 e. The summed E-state index contributed by atoms with van der Waals surface area (Å²) in [7, 11) is 0. The molecular weight excluding hydrogens is 469 g/mol. The average molecular weight is 497 g/mol. The lowest BCUT2D eigenvalue weighted by Crippen LogP contribution is -2.55. The number of aryl methyl sites for hydroxylation is 1. The fourth-order valence-electron chi connectivity index (χ4n) is 3.93. The number of halogens is 4. The first kappa shape index (κ1) is 25.8. The van der Waals surface area contributed by atoms with Gasteiger partial charge in [-0.05, 0) is 37.0 Å². The predicted octanol–water partition coefficient (Wildman–Crippen LogP) is 4.56. The summed E-state index contributed by atoms with van der Waals surface area (Å²) in [5, 5.41) is 2.81. The number of hydrogen-bond donors (Lipinski definition) is 1. The molecule has 3 rings (SSSR count). The maximum atomic E-state index is 13.3. The van der Waals surface area contributed by atoms with Gasteiger partial charge in [0.2, 0.25) is 5.91 Å². The summed E-state index contributed by atoms with van der Waals surface area (Å²) in [5.41, 5.74) is 0.443. The lowest BCUT2D eigenvalue weighted by atomic mass is 10.0. The first-order chi connectivity index (χ1) is 16.0. The fraction of sp³-hybridized carbons (Fsp3) is 0.458. The number of rotatable bonds is 6. The zero-order valence-corrected chi connectivity index (χ0v) is 20.1. The topological polar surface area (TPSA) is 65.5 Å². The Morgan fingerprint density at radius 3 is 2.35 bits per heavy atom. The summed E-state index contributed by atoms with van der Waals surface area (Å²) in [6, 6.07) is 7.38. The van der Waals surface area contributed by atoms with Crippen molar-refractivity contribution in [3.8, 4) is 0 Å². The maximum Gasteiger partial charge on any atom is 0.417 e. The van der Waals surface area contributed by atoms with Crippen LogP contribution in [0.1, 0.15) is 41.8 Å². The molecule has 1 N–H and O–H groups in total. The van der Waals surface area contributed by atoms with Crippen LogP contribution in [-0.4, -0.2) is 53.9 Å². The average Bonchev–Trinajstić information content (AvgIpc) is 2.77. The number of hydrogen-bond acceptors (Lipinski definition) is 4. The van der Waals surface area contributed by atoms with Crippen LogP contribution in [0, 0.1) is 12.8 Å². The molecule has 184 valence electrons. The molecule has 1 atom stereocenters. The van der Waals surface area contributed by atoms with Crippen molar-refractivity contribution < 1.29 is 22.8 Å². The van der Waals surface area contributed by atoms with Gasteiger partial charge >= 0.3 is 6.18 Å². The molecule has 6 nitrogen and oxygen atoms in total. The highest BCUT2D eigenvalue weighted by Gasteiger charge is 2.33. The van der Waals surface area contributed by atoms with Gasteiger partial charge in [0.25, 0.3) is 5.91 Å². The second-order valence-corrected chi connectivity index (χ2v) is 9.22. The number of anilines is 1. The van der Waals surface area contributed by atoms with Crippen LogP contribution in [0.3, 0.4) is 0 Å². The lowest BCUT2D eigenvalue weighted by molar-refractivity contribution is -0.138. The first-order valence-corrected chi connectivity index (χ1v) is 11.5. The van der Waals surface area contributed by atoms with E-state index in [1.54, 1.807) is 21.9 Å². The minimum atomic E-state index is -4.52. The second-order valence-electron chi connectivity index (χ2n) is 8.81. The first-order valence-electron chi connectivity index (χ1n) is 11.1. The number of aromatic nitrogens is 1. The molecule has 1 unspecified atom stereocenters. The molecule has 0 bridgehead atoms. The van der Waals surface area contributed by atoms with Crippen molar-refractivity contribution in [1.82, 2.24) is 15.2 Å². The van der Waals surface area contributed by atoms with Crippen molar-refractivity contribution in [2.75, 3.05) is 31.1 Å². The van der Waals surface area contributed by atoms with Gasteiger partial charge in [-0.15, -0.1) is 0 Å². The van der Waals surface area contributed by atoms with Gasteiger partial charge < -0.3 is 15.1 Å². The van der Waals surface area contributed by atoms with Gasteiger partial charge in [-0.2, -0.15) is 13.2 Å². The molecule has 2 amide bonds. The number of amides is 2. The Hall–Kier alpha value is -2.81. The molecule has 10 heteroatoms. The predicted molar refractivity (Wildman–Crippen MR) is 125 cm³/mol. The number of alkyl halides is 3. The van der Waals surface area contributed by atoms with E-state index < -0.39 is 17.8 Å². The van der Waals surface area contributed by atoms with Crippen molar-refractivity contribution in [2.45, 2.75) is 39.4 Å². The summed E-state index contributed by atoms with van der Waals surface area (Å²) in [6.07, 6.45) is -3.27. The Morgan fingerprint density at radius 1 is 1.15 bits per heavy atom. The van der Waals surface area contributed by atoms with Crippen LogP contribution in [0.4, 0.5) is 19.0 Å². The number of carbonyl (C=O) groups excluding carboxylic acids is 2. The van der Waals surface area contributed by atoms with Crippen molar-refractivity contribution in [3.63, 3.8) is 0 Å². The van der Waals surface area contributed by atoms with Crippen molar-refractivity contribution in [1.29, 1.82) is 0 Å². The molecule has 1 saturated heterocycles. The van der Waals surface area contributed by atoms with Crippen LogP contribution < -0.4 is 10.2 Å². The highest BCUT2D eigenvalue weighted by atomic mass is 35.5. The van der Waals surface area contributed by atoms with Gasteiger partial charge in [-0.25, -0.2) is 4.98 Å². The SMILES string of the molecule is Cc1ccccc1C(=O)NC(CC(C)C)C(=O)N1CCN(c2ncc(C(F)(F)F)cc2Cl)CC1. The summed E-state index contributed by atoms with van der Waals surface area (Å²) in [4.78, 5) is 33.4. The van der Waals surface area contributed by atoms with Gasteiger partial charge in [0.15, 0.2) is 0 Å². The molecule has 0 spiro atoms. The molecule has 0 saturated carbocycles. The quantitative estimate of drug-likeness (QED) is 0.637. The molecule has 0 radical (unpaired) electrons. The van der Waals surface area contributed by atoms with Crippen LogP contribution in [0.2, 0.25) is 5.02 Å². The molecule has 34 heavy (non-hydrogen) atoms. The van der Waals surface area contributed by atoms with Crippen molar-refractivity contribution in [2.24, 2.45) is 5.92 Å². The van der Waals surface area contributed by atoms with E-state index in [0.29, 0.717) is 38.2 Å². The Kier molecular flexibility index (Phi) is 8.07. The third kappa shape index (κ3) is 6.20. The van der Waals surface area contributed by atoms with Gasteiger partial charge in [-0.3, -0.25) is 9.59 Å². The fourth-order valence-corrected chi connectivity index (χ4v) is 4.22. The molecule has 1 aromatic carbocycles. The normalized spacial score (nSPS) is 15.4. The molecular formula is C24H28ClF3N4O2. The Labute approximate surface area is 202 Å². The number of nitrogens with zero attached hydrogens (tertiary/aromatic N) is 3. The lowest BCUT2D eigenvalue weighted by Gasteiger charge is -2.37. The standard InChI is InChI=1S/C24H28ClF3N4O2/c1-15(2)12-20(30-22(33)18-7-5-4-6-16(18)3)23(34)32-10-8-31(9-11-32)21-19(25)13-17(14-29-21)24(26,27)28/h4-7,13-15,20H,8-12H2,1-3H3,(H,30,33). The summed E-state index contributed by atoms with van der Waals surface area (Å²) < 4.78 is 38.6. The van der Waals surface area contributed by atoms with Crippen LogP contribution >= 0.6 is 11.6 Å². The molecule has 2 aromatic rings. The van der Waals surface area contributed by atoms with E-state index in [2.05, 4.69) is 10.3 Å². The summed E-state index contributed by atoms with van der Waals surface area (Å²) in [6.45, 7) is 7.22. The van der Waals surface area contributed by atoms with E-state index >= 15 is 0 Å². The number of carbonyl (C=O) groups is 2. The molecule has 0 aliphatic carbocycles. The Balaban J connectivity index is 1.67. The number of piperazine rings is 1. The molecule has 1 aliphatic heterocycles. The third-order valence-electron chi connectivity index (χ3n) is 5.74. The zero-order valence-electron chi connectivity index (χ0n) is 19.3. The largest absolute Gasteiger partial charge is 0.417 e. The van der Waals surface area contributed by atoms with Crippen molar-refractivity contribution in [3.05, 3.63) is 58.2 Å².